The van der Waals surface area contributed by atoms with Gasteiger partial charge in [0.2, 0.25) is 5.91 Å². The summed E-state index contributed by atoms with van der Waals surface area (Å²) < 4.78 is 16.2. The van der Waals surface area contributed by atoms with Crippen molar-refractivity contribution in [2.75, 3.05) is 5.32 Å². The molecular formula is C18H20FN5OS2. The average molecular weight is 406 g/mol. The SMILES string of the molecule is CC(=O)Nc1nc(CSc2nnc(-c3ccccc3F)n2CC(C)C)cs1. The van der Waals surface area contributed by atoms with Gasteiger partial charge in [0, 0.05) is 24.6 Å². The zero-order chi connectivity index (χ0) is 19.4. The van der Waals surface area contributed by atoms with E-state index in [9.17, 15) is 9.18 Å². The predicted molar refractivity (Wildman–Crippen MR) is 106 cm³/mol. The topological polar surface area (TPSA) is 72.7 Å². The van der Waals surface area contributed by atoms with Gasteiger partial charge in [-0.05, 0) is 18.1 Å². The number of halogens is 1. The number of hydrogen-bond donors (Lipinski definition) is 1. The van der Waals surface area contributed by atoms with E-state index in [1.54, 1.807) is 18.2 Å². The highest BCUT2D eigenvalue weighted by atomic mass is 32.2. The summed E-state index contributed by atoms with van der Waals surface area (Å²) in [7, 11) is 0. The van der Waals surface area contributed by atoms with E-state index in [-0.39, 0.29) is 11.7 Å². The molecule has 1 aromatic carbocycles. The number of carbonyl (C=O) groups is 1. The van der Waals surface area contributed by atoms with Crippen molar-refractivity contribution in [3.63, 3.8) is 0 Å². The fourth-order valence-corrected chi connectivity index (χ4v) is 4.19. The maximum atomic E-state index is 14.2. The van der Waals surface area contributed by atoms with Crippen LogP contribution in [0.2, 0.25) is 0 Å². The smallest absolute Gasteiger partial charge is 0.223 e. The molecule has 0 atom stereocenters. The van der Waals surface area contributed by atoms with Crippen LogP contribution in [0.3, 0.4) is 0 Å². The summed E-state index contributed by atoms with van der Waals surface area (Å²) in [5.41, 5.74) is 1.29. The Bertz CT molecular complexity index is 937. The molecule has 6 nitrogen and oxygen atoms in total. The van der Waals surface area contributed by atoms with Crippen LogP contribution in [-0.2, 0) is 17.1 Å². The third-order valence-electron chi connectivity index (χ3n) is 3.56. The lowest BCUT2D eigenvalue weighted by Crippen LogP contribution is -2.08. The summed E-state index contributed by atoms with van der Waals surface area (Å²) in [6.07, 6.45) is 0. The number of rotatable bonds is 7. The summed E-state index contributed by atoms with van der Waals surface area (Å²) in [6, 6.07) is 6.59. The van der Waals surface area contributed by atoms with E-state index in [0.29, 0.717) is 34.7 Å². The number of thiazole rings is 1. The van der Waals surface area contributed by atoms with Crippen LogP contribution >= 0.6 is 23.1 Å². The van der Waals surface area contributed by atoms with Gasteiger partial charge in [-0.2, -0.15) is 0 Å². The van der Waals surface area contributed by atoms with Crippen molar-refractivity contribution in [3.8, 4) is 11.4 Å². The van der Waals surface area contributed by atoms with Crippen LogP contribution in [0.4, 0.5) is 9.52 Å². The second-order valence-electron chi connectivity index (χ2n) is 6.40. The molecule has 27 heavy (non-hydrogen) atoms. The Morgan fingerprint density at radius 1 is 1.33 bits per heavy atom. The highest BCUT2D eigenvalue weighted by Gasteiger charge is 2.18. The maximum Gasteiger partial charge on any atom is 0.223 e. The molecule has 0 saturated heterocycles. The number of thioether (sulfide) groups is 1. The quantitative estimate of drug-likeness (QED) is 0.588. The summed E-state index contributed by atoms with van der Waals surface area (Å²) in [6.45, 7) is 6.33. The first-order valence-electron chi connectivity index (χ1n) is 8.47. The number of hydrogen-bond acceptors (Lipinski definition) is 6. The molecular weight excluding hydrogens is 385 g/mol. The average Bonchev–Trinajstić information content (AvgIpc) is 3.19. The zero-order valence-corrected chi connectivity index (χ0v) is 16.9. The van der Waals surface area contributed by atoms with Gasteiger partial charge in [0.15, 0.2) is 16.1 Å². The number of amides is 1. The van der Waals surface area contributed by atoms with E-state index < -0.39 is 0 Å². The number of nitrogens with one attached hydrogen (secondary N) is 1. The van der Waals surface area contributed by atoms with Gasteiger partial charge in [-0.15, -0.1) is 21.5 Å². The molecule has 0 aliphatic heterocycles. The second kappa shape index (κ2) is 8.62. The Morgan fingerprint density at radius 2 is 2.11 bits per heavy atom. The number of nitrogens with zero attached hydrogens (tertiary/aromatic N) is 4. The largest absolute Gasteiger partial charge is 0.302 e. The zero-order valence-electron chi connectivity index (χ0n) is 15.3. The summed E-state index contributed by atoms with van der Waals surface area (Å²) in [5.74, 6) is 1.02. The van der Waals surface area contributed by atoms with Gasteiger partial charge in [-0.3, -0.25) is 4.79 Å². The van der Waals surface area contributed by atoms with E-state index >= 15 is 0 Å². The lowest BCUT2D eigenvalue weighted by molar-refractivity contribution is -0.114. The minimum Gasteiger partial charge on any atom is -0.302 e. The fourth-order valence-electron chi connectivity index (χ4n) is 2.49. The van der Waals surface area contributed by atoms with Gasteiger partial charge in [0.05, 0.1) is 11.3 Å². The first kappa shape index (κ1) is 19.5. The molecule has 3 rings (SSSR count). The molecule has 2 heterocycles. The Hall–Kier alpha value is -2.26. The predicted octanol–water partition coefficient (Wildman–Crippen LogP) is 4.45. The third kappa shape index (κ3) is 4.92. The molecule has 0 fully saturated rings. The lowest BCUT2D eigenvalue weighted by Gasteiger charge is -2.12. The van der Waals surface area contributed by atoms with Crippen molar-refractivity contribution in [1.82, 2.24) is 19.7 Å². The van der Waals surface area contributed by atoms with Crippen molar-refractivity contribution >= 4 is 34.1 Å². The van der Waals surface area contributed by atoms with E-state index in [0.717, 1.165) is 10.9 Å². The number of carbonyl (C=O) groups excluding carboxylic acids is 1. The van der Waals surface area contributed by atoms with Gasteiger partial charge in [0.1, 0.15) is 5.82 Å². The Labute approximate surface area is 165 Å². The normalized spacial score (nSPS) is 11.1. The molecule has 0 spiro atoms. The molecule has 0 radical (unpaired) electrons. The first-order chi connectivity index (χ1) is 12.9. The standard InChI is InChI=1S/C18H20FN5OS2/c1-11(2)8-24-16(14-6-4-5-7-15(14)19)22-23-18(24)27-10-13-9-26-17(21-13)20-12(3)25/h4-7,9,11H,8,10H2,1-3H3,(H,20,21,25). The van der Waals surface area contributed by atoms with Crippen molar-refractivity contribution in [1.29, 1.82) is 0 Å². The van der Waals surface area contributed by atoms with Crippen LogP contribution in [0.15, 0.2) is 34.8 Å². The molecule has 0 aliphatic carbocycles. The molecule has 1 N–H and O–H groups in total. The van der Waals surface area contributed by atoms with Crippen LogP contribution < -0.4 is 5.32 Å². The van der Waals surface area contributed by atoms with E-state index in [4.69, 9.17) is 0 Å². The van der Waals surface area contributed by atoms with Gasteiger partial charge < -0.3 is 9.88 Å². The third-order valence-corrected chi connectivity index (χ3v) is 5.37. The van der Waals surface area contributed by atoms with Gasteiger partial charge >= 0.3 is 0 Å². The molecule has 3 aromatic rings. The highest BCUT2D eigenvalue weighted by Crippen LogP contribution is 2.29. The number of benzene rings is 1. The first-order valence-corrected chi connectivity index (χ1v) is 10.3. The molecule has 0 bridgehead atoms. The molecule has 0 saturated carbocycles. The van der Waals surface area contributed by atoms with Gasteiger partial charge in [-0.25, -0.2) is 9.37 Å². The van der Waals surface area contributed by atoms with Crippen molar-refractivity contribution in [3.05, 3.63) is 41.2 Å². The summed E-state index contributed by atoms with van der Waals surface area (Å²) in [4.78, 5) is 15.5. The minimum atomic E-state index is -0.314. The Kier molecular flexibility index (Phi) is 6.22. The Balaban J connectivity index is 1.82. The number of anilines is 1. The summed E-state index contributed by atoms with van der Waals surface area (Å²) >= 11 is 2.88. The van der Waals surface area contributed by atoms with Crippen molar-refractivity contribution in [2.45, 2.75) is 38.2 Å². The van der Waals surface area contributed by atoms with Crippen LogP contribution in [0, 0.1) is 11.7 Å². The number of aromatic nitrogens is 4. The van der Waals surface area contributed by atoms with Crippen LogP contribution in [-0.4, -0.2) is 25.7 Å². The van der Waals surface area contributed by atoms with Crippen LogP contribution in [0.1, 0.15) is 26.5 Å². The minimum absolute atomic E-state index is 0.144. The molecule has 0 aliphatic rings. The summed E-state index contributed by atoms with van der Waals surface area (Å²) in [5, 5.41) is 14.4. The van der Waals surface area contributed by atoms with Crippen LogP contribution in [0.5, 0.6) is 0 Å². The van der Waals surface area contributed by atoms with Gasteiger partial charge in [0.25, 0.3) is 0 Å². The molecule has 0 unspecified atom stereocenters. The maximum absolute atomic E-state index is 14.2. The van der Waals surface area contributed by atoms with Crippen molar-refractivity contribution < 1.29 is 9.18 Å². The molecule has 142 valence electrons. The fraction of sp³-hybridized carbons (Fsp3) is 0.333. The van der Waals surface area contributed by atoms with E-state index in [2.05, 4.69) is 34.3 Å². The lowest BCUT2D eigenvalue weighted by atomic mass is 10.2. The van der Waals surface area contributed by atoms with E-state index in [1.807, 2.05) is 9.95 Å². The van der Waals surface area contributed by atoms with E-state index in [1.165, 1.54) is 36.1 Å². The van der Waals surface area contributed by atoms with Gasteiger partial charge in [-0.1, -0.05) is 37.7 Å². The monoisotopic (exact) mass is 405 g/mol. The van der Waals surface area contributed by atoms with Crippen LogP contribution in [0.25, 0.3) is 11.4 Å². The second-order valence-corrected chi connectivity index (χ2v) is 8.20. The molecule has 1 amide bonds. The Morgan fingerprint density at radius 3 is 2.81 bits per heavy atom. The van der Waals surface area contributed by atoms with Crippen molar-refractivity contribution in [2.24, 2.45) is 5.92 Å². The highest BCUT2D eigenvalue weighted by molar-refractivity contribution is 7.98. The molecule has 2 aromatic heterocycles. The molecule has 9 heteroatoms.